The SMILES string of the molecule is COc1ccc(/C=C2\N=C(c3ccccc3)N(NC(=O)Cn3c(=O)cnc4ccccc43)C2=O)cc1. The van der Waals surface area contributed by atoms with Crippen LogP contribution in [0.15, 0.2) is 101 Å². The second kappa shape index (κ2) is 9.67. The fourth-order valence-corrected chi connectivity index (χ4v) is 3.84. The maximum atomic E-state index is 13.3. The highest BCUT2D eigenvalue weighted by Gasteiger charge is 2.32. The smallest absolute Gasteiger partial charge is 0.297 e. The normalized spacial score (nSPS) is 14.2. The lowest BCUT2D eigenvalue weighted by Crippen LogP contribution is -2.49. The molecule has 2 heterocycles. The standard InChI is InChI=1S/C27H21N5O4/c1-36-20-13-11-18(12-14-20)15-22-27(35)32(26(29-22)19-7-3-2-4-8-19)30-24(33)17-31-23-10-6-5-9-21(23)28-16-25(31)34/h2-16H,17H2,1H3,(H,30,33)/b22-15-. The Labute approximate surface area is 206 Å². The Balaban J connectivity index is 1.45. The molecule has 178 valence electrons. The van der Waals surface area contributed by atoms with Gasteiger partial charge < -0.3 is 4.74 Å². The van der Waals surface area contributed by atoms with Crippen LogP contribution in [0.5, 0.6) is 5.75 Å². The van der Waals surface area contributed by atoms with Crippen LogP contribution < -0.4 is 15.7 Å². The summed E-state index contributed by atoms with van der Waals surface area (Å²) in [5, 5.41) is 1.11. The van der Waals surface area contributed by atoms with Gasteiger partial charge in [0, 0.05) is 5.56 Å². The van der Waals surface area contributed by atoms with Crippen molar-refractivity contribution in [3.63, 3.8) is 0 Å². The molecule has 5 rings (SSSR count). The minimum Gasteiger partial charge on any atom is -0.497 e. The van der Waals surface area contributed by atoms with E-state index < -0.39 is 17.4 Å². The minimum absolute atomic E-state index is 0.158. The molecule has 0 radical (unpaired) electrons. The first-order valence-corrected chi connectivity index (χ1v) is 11.1. The van der Waals surface area contributed by atoms with Gasteiger partial charge >= 0.3 is 0 Å². The van der Waals surface area contributed by atoms with Crippen molar-refractivity contribution >= 4 is 34.8 Å². The van der Waals surface area contributed by atoms with Gasteiger partial charge in [-0.2, -0.15) is 5.01 Å². The molecule has 0 atom stereocenters. The Morgan fingerprint density at radius 3 is 2.44 bits per heavy atom. The summed E-state index contributed by atoms with van der Waals surface area (Å²) in [6.45, 7) is -0.300. The predicted molar refractivity (Wildman–Crippen MR) is 135 cm³/mol. The predicted octanol–water partition coefficient (Wildman–Crippen LogP) is 2.77. The molecule has 0 saturated heterocycles. The molecule has 9 heteroatoms. The first-order valence-electron chi connectivity index (χ1n) is 11.1. The lowest BCUT2D eigenvalue weighted by atomic mass is 10.2. The number of para-hydroxylation sites is 2. The number of methoxy groups -OCH3 is 1. The van der Waals surface area contributed by atoms with E-state index in [9.17, 15) is 14.4 Å². The summed E-state index contributed by atoms with van der Waals surface area (Å²) in [7, 11) is 1.58. The van der Waals surface area contributed by atoms with Crippen LogP contribution in [-0.4, -0.2) is 39.3 Å². The number of benzene rings is 3. The molecule has 0 aliphatic carbocycles. The van der Waals surface area contributed by atoms with E-state index in [2.05, 4.69) is 15.4 Å². The number of aliphatic imine (C=N–C) groups is 1. The molecule has 0 saturated carbocycles. The molecule has 0 unspecified atom stereocenters. The quantitative estimate of drug-likeness (QED) is 0.428. The van der Waals surface area contributed by atoms with E-state index >= 15 is 0 Å². The number of fused-ring (bicyclic) bond motifs is 1. The second-order valence-corrected chi connectivity index (χ2v) is 7.95. The van der Waals surface area contributed by atoms with Gasteiger partial charge in [-0.05, 0) is 35.9 Å². The Hall–Kier alpha value is -5.05. The summed E-state index contributed by atoms with van der Waals surface area (Å²) in [6.07, 6.45) is 2.81. The third-order valence-corrected chi connectivity index (χ3v) is 5.60. The fraction of sp³-hybridized carbons (Fsp3) is 0.0741. The number of hydrazine groups is 1. The van der Waals surface area contributed by atoms with Crippen LogP contribution in [0.3, 0.4) is 0 Å². The van der Waals surface area contributed by atoms with E-state index in [1.165, 1.54) is 10.8 Å². The average molecular weight is 479 g/mol. The van der Waals surface area contributed by atoms with E-state index in [0.29, 0.717) is 22.3 Å². The molecular weight excluding hydrogens is 458 g/mol. The van der Waals surface area contributed by atoms with Crippen LogP contribution in [-0.2, 0) is 16.1 Å². The van der Waals surface area contributed by atoms with E-state index in [-0.39, 0.29) is 18.1 Å². The first kappa shape index (κ1) is 22.7. The number of carbonyl (C=O) groups is 2. The number of rotatable bonds is 6. The lowest BCUT2D eigenvalue weighted by molar-refractivity contribution is -0.133. The van der Waals surface area contributed by atoms with E-state index in [1.54, 1.807) is 73.8 Å². The number of carbonyl (C=O) groups excluding carboxylic acids is 2. The van der Waals surface area contributed by atoms with Gasteiger partial charge in [0.2, 0.25) is 0 Å². The summed E-state index contributed by atoms with van der Waals surface area (Å²) in [5.41, 5.74) is 4.86. The molecular formula is C27H21N5O4. The summed E-state index contributed by atoms with van der Waals surface area (Å²) < 4.78 is 6.49. The maximum absolute atomic E-state index is 13.3. The van der Waals surface area contributed by atoms with Crippen LogP contribution in [0.25, 0.3) is 17.1 Å². The molecule has 36 heavy (non-hydrogen) atoms. The van der Waals surface area contributed by atoms with E-state index in [1.807, 2.05) is 18.2 Å². The monoisotopic (exact) mass is 479 g/mol. The van der Waals surface area contributed by atoms with Crippen molar-refractivity contribution in [2.24, 2.45) is 4.99 Å². The second-order valence-electron chi connectivity index (χ2n) is 7.95. The van der Waals surface area contributed by atoms with E-state index in [0.717, 1.165) is 10.6 Å². The number of amidine groups is 1. The molecule has 0 fully saturated rings. The summed E-state index contributed by atoms with van der Waals surface area (Å²) in [5.74, 6) is -0.0853. The molecule has 0 bridgehead atoms. The van der Waals surface area contributed by atoms with Crippen LogP contribution in [0, 0.1) is 0 Å². The van der Waals surface area contributed by atoms with Crippen molar-refractivity contribution in [2.75, 3.05) is 7.11 Å². The van der Waals surface area contributed by atoms with Crippen molar-refractivity contribution in [2.45, 2.75) is 6.54 Å². The summed E-state index contributed by atoms with van der Waals surface area (Å²) >= 11 is 0. The van der Waals surface area contributed by atoms with Crippen molar-refractivity contribution in [1.82, 2.24) is 20.0 Å². The third kappa shape index (κ3) is 4.49. The van der Waals surface area contributed by atoms with Crippen molar-refractivity contribution in [3.8, 4) is 5.75 Å². The van der Waals surface area contributed by atoms with Crippen molar-refractivity contribution in [3.05, 3.63) is 112 Å². The molecule has 1 aliphatic rings. The number of nitrogens with one attached hydrogen (secondary N) is 1. The van der Waals surface area contributed by atoms with Gasteiger partial charge in [0.1, 0.15) is 18.0 Å². The highest BCUT2D eigenvalue weighted by Crippen LogP contribution is 2.22. The largest absolute Gasteiger partial charge is 0.497 e. The highest BCUT2D eigenvalue weighted by atomic mass is 16.5. The molecule has 2 amide bonds. The average Bonchev–Trinajstić information content (AvgIpc) is 3.21. The first-order chi connectivity index (χ1) is 17.5. The zero-order chi connectivity index (χ0) is 25.1. The number of hydrogen-bond donors (Lipinski definition) is 1. The van der Waals surface area contributed by atoms with Crippen molar-refractivity contribution in [1.29, 1.82) is 0 Å². The molecule has 4 aromatic rings. The summed E-state index contributed by atoms with van der Waals surface area (Å²) in [4.78, 5) is 47.4. The van der Waals surface area contributed by atoms with Gasteiger partial charge in [-0.1, -0.05) is 54.6 Å². The minimum atomic E-state index is -0.559. The topological polar surface area (TPSA) is 106 Å². The number of hydrogen-bond acceptors (Lipinski definition) is 6. The zero-order valence-corrected chi connectivity index (χ0v) is 19.3. The van der Waals surface area contributed by atoms with E-state index in [4.69, 9.17) is 4.74 Å². The Morgan fingerprint density at radius 1 is 0.972 bits per heavy atom. The molecule has 3 aromatic carbocycles. The Kier molecular flexibility index (Phi) is 6.10. The maximum Gasteiger partial charge on any atom is 0.297 e. The molecule has 1 aliphatic heterocycles. The van der Waals surface area contributed by atoms with Gasteiger partial charge in [0.05, 0.1) is 24.3 Å². The molecule has 1 aromatic heterocycles. The fourth-order valence-electron chi connectivity index (χ4n) is 3.84. The zero-order valence-electron chi connectivity index (χ0n) is 19.3. The van der Waals surface area contributed by atoms with Gasteiger partial charge in [-0.25, -0.2) is 9.98 Å². The highest BCUT2D eigenvalue weighted by molar-refractivity contribution is 6.20. The molecule has 0 spiro atoms. The number of amides is 2. The number of ether oxygens (including phenoxy) is 1. The van der Waals surface area contributed by atoms with Gasteiger partial charge in [-0.3, -0.25) is 24.4 Å². The van der Waals surface area contributed by atoms with Gasteiger partial charge in [-0.15, -0.1) is 0 Å². The van der Waals surface area contributed by atoms with Crippen LogP contribution in [0.1, 0.15) is 11.1 Å². The third-order valence-electron chi connectivity index (χ3n) is 5.60. The Bertz CT molecular complexity index is 1570. The Morgan fingerprint density at radius 2 is 1.69 bits per heavy atom. The van der Waals surface area contributed by atoms with Crippen LogP contribution in [0.4, 0.5) is 0 Å². The number of aromatic nitrogens is 2. The molecule has 9 nitrogen and oxygen atoms in total. The van der Waals surface area contributed by atoms with Gasteiger partial charge in [0.15, 0.2) is 5.84 Å². The van der Waals surface area contributed by atoms with Gasteiger partial charge in [0.25, 0.3) is 17.4 Å². The van der Waals surface area contributed by atoms with Crippen LogP contribution >= 0.6 is 0 Å². The summed E-state index contributed by atoms with van der Waals surface area (Å²) in [6, 6.07) is 23.3. The van der Waals surface area contributed by atoms with Crippen LogP contribution in [0.2, 0.25) is 0 Å². The lowest BCUT2D eigenvalue weighted by Gasteiger charge is -2.20. The van der Waals surface area contributed by atoms with Crippen molar-refractivity contribution < 1.29 is 14.3 Å². The molecule has 1 N–H and O–H groups in total. The number of nitrogens with zero attached hydrogens (tertiary/aromatic N) is 4.